The number of nitrogens with zero attached hydrogens (tertiary/aromatic N) is 4. The minimum Gasteiger partial charge on any atom is -0.453 e. The number of hydrogen-bond donors (Lipinski definition) is 4. The number of aromatic amines is 2. The van der Waals surface area contributed by atoms with Gasteiger partial charge in [-0.15, -0.1) is 0 Å². The largest absolute Gasteiger partial charge is 0.453 e. The van der Waals surface area contributed by atoms with Crippen LogP contribution in [0.4, 0.5) is 9.59 Å². The molecule has 6 atom stereocenters. The van der Waals surface area contributed by atoms with Gasteiger partial charge in [0.2, 0.25) is 12.0 Å². The molecule has 16 heteroatoms. The lowest BCUT2D eigenvalue weighted by atomic mass is 10.1. The summed E-state index contributed by atoms with van der Waals surface area (Å²) in [7, 11) is 4.15. The van der Waals surface area contributed by atoms with E-state index in [1.165, 1.54) is 21.3 Å². The number of amides is 4. The van der Waals surface area contributed by atoms with E-state index >= 15 is 0 Å². The Morgan fingerprint density at radius 3 is 1.74 bits per heavy atom. The zero-order chi connectivity index (χ0) is 38.1. The molecule has 2 saturated heterocycles. The molecule has 53 heavy (non-hydrogen) atoms. The lowest BCUT2D eigenvalue weighted by Gasteiger charge is -2.30. The van der Waals surface area contributed by atoms with Crippen molar-refractivity contribution < 1.29 is 38.1 Å². The van der Waals surface area contributed by atoms with Crippen LogP contribution in [0.5, 0.6) is 0 Å². The molecule has 2 fully saturated rings. The Morgan fingerprint density at radius 1 is 0.792 bits per heavy atom. The molecule has 5 N–H and O–H groups in total. The topological polar surface area (TPSA) is 207 Å². The standard InChI is InChI=1S/C37H44N8O8/c1-22(50-3)30(43-37(49)52-5)34(46)44-18-6-8-28(44)32-39-20-26(41-32)16-14-24-10-12-25(13-11-24)15-17-27-21-40-33(42-27)29-9-7-19-45(29)35(47)31(23(2)51-4)53-36(38)48/h10-13,20-23,28-31H,6-9,18-19H2,1-5H3,(H2,38,48)(H,39,41)(H,40,42)(H,43,49)/t22-,23-,28+,29+,30+,31+/m1/s1. The molecule has 1 aromatic carbocycles. The van der Waals surface area contributed by atoms with Crippen LogP contribution in [0.1, 0.15) is 85.8 Å². The van der Waals surface area contributed by atoms with Crippen LogP contribution >= 0.6 is 0 Å². The molecule has 0 spiro atoms. The molecule has 280 valence electrons. The van der Waals surface area contributed by atoms with Crippen LogP contribution in [0.15, 0.2) is 36.7 Å². The maximum atomic E-state index is 13.5. The number of nitrogens with two attached hydrogens (primary N) is 1. The average molecular weight is 729 g/mol. The lowest BCUT2D eigenvalue weighted by molar-refractivity contribution is -0.148. The Labute approximate surface area is 307 Å². The van der Waals surface area contributed by atoms with E-state index in [1.807, 2.05) is 24.3 Å². The maximum absolute atomic E-state index is 13.5. The van der Waals surface area contributed by atoms with E-state index in [0.29, 0.717) is 49.0 Å². The Morgan fingerprint density at radius 2 is 1.28 bits per heavy atom. The number of ether oxygens (including phenoxy) is 4. The van der Waals surface area contributed by atoms with Gasteiger partial charge < -0.3 is 49.8 Å². The Kier molecular flexibility index (Phi) is 12.7. The number of primary amides is 1. The number of carbonyl (C=O) groups is 4. The highest BCUT2D eigenvalue weighted by Crippen LogP contribution is 2.32. The van der Waals surface area contributed by atoms with Crippen molar-refractivity contribution >= 4 is 24.0 Å². The molecule has 4 heterocycles. The van der Waals surface area contributed by atoms with E-state index in [1.54, 1.807) is 36.0 Å². The fourth-order valence-electron chi connectivity index (χ4n) is 6.32. The number of benzene rings is 1. The number of rotatable bonds is 10. The maximum Gasteiger partial charge on any atom is 0.407 e. The first-order chi connectivity index (χ1) is 25.5. The van der Waals surface area contributed by atoms with Crippen LogP contribution < -0.4 is 11.1 Å². The summed E-state index contributed by atoms with van der Waals surface area (Å²) in [6.07, 6.45) is 2.15. The zero-order valence-corrected chi connectivity index (χ0v) is 30.3. The summed E-state index contributed by atoms with van der Waals surface area (Å²) in [6.45, 7) is 4.34. The van der Waals surface area contributed by atoms with Crippen LogP contribution in [0.3, 0.4) is 0 Å². The molecule has 0 aliphatic carbocycles. The van der Waals surface area contributed by atoms with E-state index in [-0.39, 0.29) is 18.0 Å². The monoisotopic (exact) mass is 728 g/mol. The van der Waals surface area contributed by atoms with Gasteiger partial charge in [0.05, 0.1) is 25.3 Å². The van der Waals surface area contributed by atoms with E-state index in [0.717, 1.165) is 24.0 Å². The minimum atomic E-state index is -1.17. The summed E-state index contributed by atoms with van der Waals surface area (Å²) in [5.74, 6) is 12.9. The molecule has 0 bridgehead atoms. The third-order valence-corrected chi connectivity index (χ3v) is 9.30. The second-order valence-corrected chi connectivity index (χ2v) is 12.7. The normalized spacial score (nSPS) is 18.8. The van der Waals surface area contributed by atoms with Crippen molar-refractivity contribution in [2.45, 2.75) is 76.0 Å². The smallest absolute Gasteiger partial charge is 0.407 e. The van der Waals surface area contributed by atoms with Crippen molar-refractivity contribution in [2.75, 3.05) is 34.4 Å². The van der Waals surface area contributed by atoms with Crippen molar-refractivity contribution in [3.05, 3.63) is 70.8 Å². The molecule has 0 saturated carbocycles. The van der Waals surface area contributed by atoms with E-state index in [2.05, 4.69) is 48.9 Å². The first kappa shape index (κ1) is 38.4. The number of imidazole rings is 2. The highest BCUT2D eigenvalue weighted by Gasteiger charge is 2.40. The van der Waals surface area contributed by atoms with Crippen molar-refractivity contribution in [1.29, 1.82) is 0 Å². The average Bonchev–Trinajstić information content (AvgIpc) is 4.00. The van der Waals surface area contributed by atoms with Gasteiger partial charge in [-0.25, -0.2) is 19.6 Å². The summed E-state index contributed by atoms with van der Waals surface area (Å²) in [5.41, 5.74) is 7.76. The van der Waals surface area contributed by atoms with Gasteiger partial charge in [0.15, 0.2) is 0 Å². The summed E-state index contributed by atoms with van der Waals surface area (Å²) in [6, 6.07) is 5.88. The predicted molar refractivity (Wildman–Crippen MR) is 190 cm³/mol. The van der Waals surface area contributed by atoms with E-state index in [9.17, 15) is 19.2 Å². The lowest BCUT2D eigenvalue weighted by Crippen LogP contribution is -2.54. The zero-order valence-electron chi connectivity index (χ0n) is 30.3. The van der Waals surface area contributed by atoms with Crippen LogP contribution in [-0.4, -0.2) is 113 Å². The first-order valence-electron chi connectivity index (χ1n) is 17.2. The SMILES string of the molecule is COC(=O)N[C@H](C(=O)N1CCC[C@H]1c1nc(C#Cc2ccc(C#Cc3c[nH]c([C@@H]4CCCN4C(=O)[C@@H](OC(N)=O)[C@@H](C)OC)n3)cc2)c[nH]1)[C@@H](C)OC. The number of alkyl carbamates (subject to hydrolysis) is 1. The summed E-state index contributed by atoms with van der Waals surface area (Å²) >= 11 is 0. The quantitative estimate of drug-likeness (QED) is 0.224. The molecule has 2 aliphatic rings. The summed E-state index contributed by atoms with van der Waals surface area (Å²) < 4.78 is 20.4. The third kappa shape index (κ3) is 9.34. The molecular weight excluding hydrogens is 684 g/mol. The van der Waals surface area contributed by atoms with Gasteiger partial charge in [0.1, 0.15) is 35.2 Å². The highest BCUT2D eigenvalue weighted by atomic mass is 16.6. The van der Waals surface area contributed by atoms with Crippen LogP contribution in [-0.2, 0) is 28.5 Å². The minimum absolute atomic E-state index is 0.278. The van der Waals surface area contributed by atoms with Gasteiger partial charge in [0.25, 0.3) is 5.91 Å². The fourth-order valence-corrected chi connectivity index (χ4v) is 6.32. The number of H-pyrrole nitrogens is 2. The predicted octanol–water partition coefficient (Wildman–Crippen LogP) is 2.52. The number of carbonyl (C=O) groups excluding carboxylic acids is 4. The van der Waals surface area contributed by atoms with Gasteiger partial charge in [-0.2, -0.15) is 0 Å². The van der Waals surface area contributed by atoms with Gasteiger partial charge >= 0.3 is 12.2 Å². The van der Waals surface area contributed by atoms with Crippen molar-refractivity contribution in [1.82, 2.24) is 35.1 Å². The molecule has 2 aliphatic heterocycles. The second-order valence-electron chi connectivity index (χ2n) is 12.7. The molecule has 5 rings (SSSR count). The van der Waals surface area contributed by atoms with E-state index < -0.39 is 42.4 Å². The second kappa shape index (κ2) is 17.6. The molecule has 2 aromatic heterocycles. The van der Waals surface area contributed by atoms with Crippen molar-refractivity contribution in [3.8, 4) is 23.7 Å². The van der Waals surface area contributed by atoms with Crippen LogP contribution in [0, 0.1) is 23.7 Å². The third-order valence-electron chi connectivity index (χ3n) is 9.30. The molecule has 0 unspecified atom stereocenters. The van der Waals surface area contributed by atoms with Gasteiger partial charge in [-0.05, 0) is 75.6 Å². The van der Waals surface area contributed by atoms with E-state index in [4.69, 9.17) is 24.7 Å². The van der Waals surface area contributed by atoms with Gasteiger partial charge in [-0.1, -0.05) is 11.8 Å². The molecule has 4 amide bonds. The summed E-state index contributed by atoms with van der Waals surface area (Å²) in [4.78, 5) is 69.0. The molecule has 3 aromatic rings. The Balaban J connectivity index is 1.21. The van der Waals surface area contributed by atoms with Crippen molar-refractivity contribution in [2.24, 2.45) is 5.73 Å². The van der Waals surface area contributed by atoms with Gasteiger partial charge in [0, 0.05) is 50.8 Å². The Hall–Kier alpha value is -5.84. The summed E-state index contributed by atoms with van der Waals surface area (Å²) in [5, 5.41) is 2.58. The molecule has 0 radical (unpaired) electrons. The number of likely N-dealkylation sites (tertiary alicyclic amines) is 2. The fraction of sp³-hybridized carbons (Fsp3) is 0.459. The van der Waals surface area contributed by atoms with Gasteiger partial charge in [-0.3, -0.25) is 9.59 Å². The molecule has 16 nitrogen and oxygen atoms in total. The number of nitrogens with one attached hydrogen (secondary N) is 3. The highest BCUT2D eigenvalue weighted by molar-refractivity contribution is 5.87. The molecular formula is C37H44N8O8. The number of hydrogen-bond acceptors (Lipinski definition) is 10. The first-order valence-corrected chi connectivity index (χ1v) is 17.2. The van der Waals surface area contributed by atoms with Crippen LogP contribution in [0.25, 0.3) is 0 Å². The number of aromatic nitrogens is 4. The van der Waals surface area contributed by atoms with Crippen LogP contribution in [0.2, 0.25) is 0 Å². The van der Waals surface area contributed by atoms with Crippen molar-refractivity contribution in [3.63, 3.8) is 0 Å². The number of methoxy groups -OCH3 is 3. The Bertz CT molecular complexity index is 1900.